The summed E-state index contributed by atoms with van der Waals surface area (Å²) in [7, 11) is 1.23. The molecular weight excluding hydrogens is 348 g/mol. The van der Waals surface area contributed by atoms with Gasteiger partial charge in [0.25, 0.3) is 17.3 Å². The minimum atomic E-state index is -0.734. The van der Waals surface area contributed by atoms with Crippen LogP contribution in [0.3, 0.4) is 0 Å². The number of methoxy groups -OCH3 is 1. The van der Waals surface area contributed by atoms with Gasteiger partial charge in [-0.05, 0) is 6.07 Å². The largest absolute Gasteiger partial charge is 0.504 e. The standard InChI is InChI=1S/C15H12N4O7/c1-26-13-7-12(19(24)25)6-10(14(13)20)8-16-17-15(21)9-3-2-4-11(5-9)18(22)23/h2-8,20H,1H3,(H,17,21)/b16-8-. The molecule has 0 spiro atoms. The molecule has 26 heavy (non-hydrogen) atoms. The molecule has 0 unspecified atom stereocenters. The minimum absolute atomic E-state index is 0.00260. The first kappa shape index (κ1) is 18.3. The fraction of sp³-hybridized carbons (Fsp3) is 0.0667. The molecule has 1 amide bonds. The van der Waals surface area contributed by atoms with Gasteiger partial charge in [-0.3, -0.25) is 25.0 Å². The second-order valence-corrected chi connectivity index (χ2v) is 4.85. The molecule has 0 saturated heterocycles. The fourth-order valence-electron chi connectivity index (χ4n) is 1.96. The van der Waals surface area contributed by atoms with Gasteiger partial charge in [0.15, 0.2) is 11.5 Å². The van der Waals surface area contributed by atoms with Crippen molar-refractivity contribution in [1.82, 2.24) is 5.43 Å². The van der Waals surface area contributed by atoms with Crippen molar-refractivity contribution in [3.63, 3.8) is 0 Å². The maximum atomic E-state index is 12.0. The summed E-state index contributed by atoms with van der Waals surface area (Å²) in [6.07, 6.45) is 0.986. The van der Waals surface area contributed by atoms with E-state index in [-0.39, 0.29) is 28.3 Å². The highest BCUT2D eigenvalue weighted by Gasteiger charge is 2.16. The van der Waals surface area contributed by atoms with E-state index in [1.807, 2.05) is 0 Å². The second kappa shape index (κ2) is 7.70. The number of rotatable bonds is 6. The summed E-state index contributed by atoms with van der Waals surface area (Å²) in [4.78, 5) is 32.2. The molecule has 2 aromatic carbocycles. The number of hydrogen-bond acceptors (Lipinski definition) is 8. The van der Waals surface area contributed by atoms with Crippen LogP contribution in [0.5, 0.6) is 11.5 Å². The summed E-state index contributed by atoms with van der Waals surface area (Å²) in [6.45, 7) is 0. The highest BCUT2D eigenvalue weighted by molar-refractivity contribution is 5.95. The van der Waals surface area contributed by atoms with Crippen molar-refractivity contribution >= 4 is 23.5 Å². The molecule has 0 bridgehead atoms. The van der Waals surface area contributed by atoms with E-state index in [2.05, 4.69) is 10.5 Å². The smallest absolute Gasteiger partial charge is 0.274 e. The zero-order chi connectivity index (χ0) is 19.3. The van der Waals surface area contributed by atoms with Gasteiger partial charge in [-0.1, -0.05) is 6.07 Å². The molecular formula is C15H12N4O7. The Balaban J connectivity index is 2.21. The number of benzene rings is 2. The van der Waals surface area contributed by atoms with Crippen LogP contribution in [-0.2, 0) is 0 Å². The van der Waals surface area contributed by atoms with Crippen LogP contribution in [0.25, 0.3) is 0 Å². The number of ether oxygens (including phenoxy) is 1. The molecule has 2 N–H and O–H groups in total. The van der Waals surface area contributed by atoms with Gasteiger partial charge in [-0.2, -0.15) is 5.10 Å². The number of nitro groups is 2. The Hall–Kier alpha value is -4.02. The molecule has 0 atom stereocenters. The number of aromatic hydroxyl groups is 1. The Morgan fingerprint density at radius 2 is 1.88 bits per heavy atom. The monoisotopic (exact) mass is 360 g/mol. The summed E-state index contributed by atoms with van der Waals surface area (Å²) < 4.78 is 4.84. The van der Waals surface area contributed by atoms with E-state index in [1.54, 1.807) is 0 Å². The van der Waals surface area contributed by atoms with Crippen molar-refractivity contribution < 1.29 is 24.5 Å². The third-order valence-electron chi connectivity index (χ3n) is 3.21. The van der Waals surface area contributed by atoms with Crippen molar-refractivity contribution in [3.05, 3.63) is 67.8 Å². The van der Waals surface area contributed by atoms with E-state index in [1.165, 1.54) is 25.3 Å². The first-order chi connectivity index (χ1) is 12.3. The van der Waals surface area contributed by atoms with Crippen molar-refractivity contribution in [3.8, 4) is 11.5 Å². The summed E-state index contributed by atoms with van der Waals surface area (Å²) in [6, 6.07) is 7.07. The molecule has 0 aliphatic heterocycles. The van der Waals surface area contributed by atoms with Crippen LogP contribution in [0.1, 0.15) is 15.9 Å². The van der Waals surface area contributed by atoms with Gasteiger partial charge in [-0.25, -0.2) is 5.43 Å². The second-order valence-electron chi connectivity index (χ2n) is 4.85. The van der Waals surface area contributed by atoms with E-state index in [0.717, 1.165) is 24.4 Å². The number of non-ortho nitro benzene ring substituents is 2. The number of amides is 1. The van der Waals surface area contributed by atoms with Gasteiger partial charge in [0, 0.05) is 29.3 Å². The molecule has 0 aliphatic rings. The van der Waals surface area contributed by atoms with Gasteiger partial charge in [0.05, 0.1) is 29.2 Å². The summed E-state index contributed by atoms with van der Waals surface area (Å²) in [5.41, 5.74) is 1.45. The average Bonchev–Trinajstić information content (AvgIpc) is 2.62. The van der Waals surface area contributed by atoms with Crippen LogP contribution in [-0.4, -0.2) is 34.2 Å². The lowest BCUT2D eigenvalue weighted by atomic mass is 10.1. The SMILES string of the molecule is COc1cc([N+](=O)[O-])cc(/C=N\NC(=O)c2cccc([N+](=O)[O-])c2)c1O. The fourth-order valence-corrected chi connectivity index (χ4v) is 1.96. The number of phenolic OH excluding ortho intramolecular Hbond substituents is 1. The molecule has 0 heterocycles. The van der Waals surface area contributed by atoms with E-state index in [4.69, 9.17) is 4.74 Å². The number of carbonyl (C=O) groups excluding carboxylic acids is 1. The molecule has 0 saturated carbocycles. The third kappa shape index (κ3) is 4.08. The van der Waals surface area contributed by atoms with Crippen LogP contribution in [0, 0.1) is 20.2 Å². The first-order valence-electron chi connectivity index (χ1n) is 6.96. The van der Waals surface area contributed by atoms with E-state index in [9.17, 15) is 30.1 Å². The number of carbonyl (C=O) groups is 1. The van der Waals surface area contributed by atoms with Crippen LogP contribution in [0.4, 0.5) is 11.4 Å². The zero-order valence-corrected chi connectivity index (χ0v) is 13.3. The lowest BCUT2D eigenvalue weighted by Crippen LogP contribution is -2.17. The number of nitro benzene ring substituents is 2. The first-order valence-corrected chi connectivity index (χ1v) is 6.96. The molecule has 2 aromatic rings. The maximum Gasteiger partial charge on any atom is 0.274 e. The Morgan fingerprint density at radius 3 is 2.50 bits per heavy atom. The molecule has 2 rings (SSSR count). The number of hydrogen-bond donors (Lipinski definition) is 2. The molecule has 0 aliphatic carbocycles. The van der Waals surface area contributed by atoms with Crippen molar-refractivity contribution in [2.75, 3.05) is 7.11 Å². The predicted octanol–water partition coefficient (Wildman–Crippen LogP) is 1.98. The van der Waals surface area contributed by atoms with Gasteiger partial charge >= 0.3 is 0 Å². The summed E-state index contributed by atoms with van der Waals surface area (Å²) in [5.74, 6) is -1.26. The highest BCUT2D eigenvalue weighted by Crippen LogP contribution is 2.33. The van der Waals surface area contributed by atoms with Gasteiger partial charge in [0.1, 0.15) is 0 Å². The number of nitrogens with zero attached hydrogens (tertiary/aromatic N) is 3. The molecule has 11 heteroatoms. The van der Waals surface area contributed by atoms with Gasteiger partial charge in [0.2, 0.25) is 0 Å². The lowest BCUT2D eigenvalue weighted by Gasteiger charge is -2.06. The van der Waals surface area contributed by atoms with Crippen LogP contribution in [0.2, 0.25) is 0 Å². The Bertz CT molecular complexity index is 911. The normalized spacial score (nSPS) is 10.5. The zero-order valence-electron chi connectivity index (χ0n) is 13.3. The van der Waals surface area contributed by atoms with Crippen molar-refractivity contribution in [2.45, 2.75) is 0 Å². The predicted molar refractivity (Wildman–Crippen MR) is 89.5 cm³/mol. The summed E-state index contributed by atoms with van der Waals surface area (Å²) >= 11 is 0. The summed E-state index contributed by atoms with van der Waals surface area (Å²) in [5, 5.41) is 35.1. The lowest BCUT2D eigenvalue weighted by molar-refractivity contribution is -0.385. The number of hydrazone groups is 1. The Labute approximate surface area is 145 Å². The van der Waals surface area contributed by atoms with Crippen LogP contribution < -0.4 is 10.2 Å². The number of nitrogens with one attached hydrogen (secondary N) is 1. The maximum absolute atomic E-state index is 12.0. The van der Waals surface area contributed by atoms with Gasteiger partial charge < -0.3 is 9.84 Å². The van der Waals surface area contributed by atoms with Crippen molar-refractivity contribution in [1.29, 1.82) is 0 Å². The van der Waals surface area contributed by atoms with Crippen LogP contribution in [0.15, 0.2) is 41.5 Å². The molecule has 0 aromatic heterocycles. The molecule has 0 fully saturated rings. The third-order valence-corrected chi connectivity index (χ3v) is 3.21. The molecule has 0 radical (unpaired) electrons. The van der Waals surface area contributed by atoms with Crippen LogP contribution >= 0.6 is 0 Å². The quantitative estimate of drug-likeness (QED) is 0.453. The number of phenols is 1. The Kier molecular flexibility index (Phi) is 5.43. The van der Waals surface area contributed by atoms with Crippen molar-refractivity contribution in [2.24, 2.45) is 5.10 Å². The minimum Gasteiger partial charge on any atom is -0.504 e. The highest BCUT2D eigenvalue weighted by atomic mass is 16.6. The Morgan fingerprint density at radius 1 is 1.19 bits per heavy atom. The average molecular weight is 360 g/mol. The van der Waals surface area contributed by atoms with Gasteiger partial charge in [-0.15, -0.1) is 0 Å². The van der Waals surface area contributed by atoms with E-state index in [0.29, 0.717) is 0 Å². The van der Waals surface area contributed by atoms with E-state index < -0.39 is 21.5 Å². The molecule has 134 valence electrons. The molecule has 11 nitrogen and oxygen atoms in total. The van der Waals surface area contributed by atoms with E-state index >= 15 is 0 Å². The topological polar surface area (TPSA) is 157 Å².